The third kappa shape index (κ3) is 3.26. The van der Waals surface area contributed by atoms with Gasteiger partial charge < -0.3 is 5.32 Å². The van der Waals surface area contributed by atoms with E-state index in [2.05, 4.69) is 55.3 Å². The van der Waals surface area contributed by atoms with Crippen LogP contribution in [-0.4, -0.2) is 12.0 Å². The first-order valence-electron chi connectivity index (χ1n) is 7.32. The molecule has 2 nitrogen and oxygen atoms in total. The van der Waals surface area contributed by atoms with Crippen LogP contribution in [0.1, 0.15) is 40.9 Å². The van der Waals surface area contributed by atoms with E-state index in [-0.39, 0.29) is 6.04 Å². The third-order valence-corrected chi connectivity index (χ3v) is 4.00. The molecule has 2 rings (SSSR count). The summed E-state index contributed by atoms with van der Waals surface area (Å²) in [6.45, 7) is 6.51. The van der Waals surface area contributed by atoms with E-state index in [9.17, 15) is 0 Å². The summed E-state index contributed by atoms with van der Waals surface area (Å²) in [5.74, 6) is 0. The lowest BCUT2D eigenvalue weighted by molar-refractivity contribution is 0.570. The predicted molar refractivity (Wildman–Crippen MR) is 85.0 cm³/mol. The van der Waals surface area contributed by atoms with E-state index >= 15 is 0 Å². The number of aromatic nitrogens is 1. The standard InChI is InChI=1S/C18H24N2/c1-5-16-7-6-10-20-18(16)17(19-4)12-15-9-8-13(2)14(3)11-15/h6-11,17,19H,5,12H2,1-4H3. The van der Waals surface area contributed by atoms with E-state index in [1.165, 1.54) is 27.9 Å². The van der Waals surface area contributed by atoms with E-state index < -0.39 is 0 Å². The van der Waals surface area contributed by atoms with Crippen LogP contribution in [-0.2, 0) is 12.8 Å². The van der Waals surface area contributed by atoms with Crippen molar-refractivity contribution in [2.75, 3.05) is 7.05 Å². The van der Waals surface area contributed by atoms with E-state index in [4.69, 9.17) is 0 Å². The Kier molecular flexibility index (Phi) is 4.91. The molecule has 0 radical (unpaired) electrons. The second-order valence-electron chi connectivity index (χ2n) is 5.37. The van der Waals surface area contributed by atoms with Gasteiger partial charge in [0.2, 0.25) is 0 Å². The molecule has 0 aliphatic heterocycles. The van der Waals surface area contributed by atoms with E-state index in [0.29, 0.717) is 0 Å². The monoisotopic (exact) mass is 268 g/mol. The first-order chi connectivity index (χ1) is 9.65. The Bertz CT molecular complexity index is 575. The molecule has 0 saturated carbocycles. The van der Waals surface area contributed by atoms with Gasteiger partial charge in [-0.15, -0.1) is 0 Å². The Morgan fingerprint density at radius 2 is 1.95 bits per heavy atom. The Morgan fingerprint density at radius 1 is 1.15 bits per heavy atom. The number of benzene rings is 1. The lowest BCUT2D eigenvalue weighted by Gasteiger charge is -2.19. The summed E-state index contributed by atoms with van der Waals surface area (Å²) in [6.07, 6.45) is 3.88. The van der Waals surface area contributed by atoms with Crippen LogP contribution in [0.5, 0.6) is 0 Å². The molecule has 2 aromatic rings. The lowest BCUT2D eigenvalue weighted by atomic mass is 9.96. The van der Waals surface area contributed by atoms with Crippen LogP contribution in [0.3, 0.4) is 0 Å². The Balaban J connectivity index is 2.26. The molecule has 1 heterocycles. The molecular weight excluding hydrogens is 244 g/mol. The molecule has 106 valence electrons. The highest BCUT2D eigenvalue weighted by Crippen LogP contribution is 2.21. The van der Waals surface area contributed by atoms with Gasteiger partial charge in [0.25, 0.3) is 0 Å². The van der Waals surface area contributed by atoms with Gasteiger partial charge in [-0.25, -0.2) is 0 Å². The van der Waals surface area contributed by atoms with Gasteiger partial charge in [0.05, 0.1) is 11.7 Å². The highest BCUT2D eigenvalue weighted by Gasteiger charge is 2.15. The zero-order chi connectivity index (χ0) is 14.5. The number of pyridine rings is 1. The third-order valence-electron chi connectivity index (χ3n) is 4.00. The number of hydrogen-bond acceptors (Lipinski definition) is 2. The zero-order valence-corrected chi connectivity index (χ0v) is 12.9. The van der Waals surface area contributed by atoms with Crippen molar-refractivity contribution in [2.45, 2.75) is 39.7 Å². The van der Waals surface area contributed by atoms with E-state index in [0.717, 1.165) is 12.8 Å². The van der Waals surface area contributed by atoms with Gasteiger partial charge in [-0.1, -0.05) is 31.2 Å². The maximum atomic E-state index is 4.59. The molecule has 0 bridgehead atoms. The molecular formula is C18H24N2. The number of nitrogens with zero attached hydrogens (tertiary/aromatic N) is 1. The Hall–Kier alpha value is -1.67. The molecule has 1 aromatic heterocycles. The number of nitrogens with one attached hydrogen (secondary N) is 1. The SMILES string of the molecule is CCc1cccnc1C(Cc1ccc(C)c(C)c1)NC. The Labute approximate surface area is 122 Å². The first kappa shape index (κ1) is 14.7. The van der Waals surface area contributed by atoms with Crippen LogP contribution in [0.2, 0.25) is 0 Å². The molecule has 0 aliphatic rings. The van der Waals surface area contributed by atoms with Crippen LogP contribution in [0.4, 0.5) is 0 Å². The topological polar surface area (TPSA) is 24.9 Å². The second kappa shape index (κ2) is 6.67. The van der Waals surface area contributed by atoms with Gasteiger partial charge in [0, 0.05) is 6.20 Å². The van der Waals surface area contributed by atoms with Gasteiger partial charge in [0.1, 0.15) is 0 Å². The number of hydrogen-bond donors (Lipinski definition) is 1. The van der Waals surface area contributed by atoms with E-state index in [1.807, 2.05) is 19.3 Å². The normalized spacial score (nSPS) is 12.4. The van der Waals surface area contributed by atoms with Crippen molar-refractivity contribution in [3.63, 3.8) is 0 Å². The zero-order valence-electron chi connectivity index (χ0n) is 12.9. The van der Waals surface area contributed by atoms with Crippen LogP contribution in [0.25, 0.3) is 0 Å². The minimum atomic E-state index is 0.272. The van der Waals surface area contributed by atoms with Crippen LogP contribution in [0.15, 0.2) is 36.5 Å². The van der Waals surface area contributed by atoms with Crippen LogP contribution >= 0.6 is 0 Å². The van der Waals surface area contributed by atoms with Crippen molar-refractivity contribution in [1.82, 2.24) is 10.3 Å². The largest absolute Gasteiger partial charge is 0.311 e. The summed E-state index contributed by atoms with van der Waals surface area (Å²) in [7, 11) is 2.01. The summed E-state index contributed by atoms with van der Waals surface area (Å²) >= 11 is 0. The highest BCUT2D eigenvalue weighted by atomic mass is 14.9. The molecule has 2 heteroatoms. The fourth-order valence-electron chi connectivity index (χ4n) is 2.57. The van der Waals surface area contributed by atoms with Gasteiger partial charge in [-0.2, -0.15) is 0 Å². The first-order valence-corrected chi connectivity index (χ1v) is 7.32. The highest BCUT2D eigenvalue weighted by molar-refractivity contribution is 5.32. The van der Waals surface area contributed by atoms with Crippen molar-refractivity contribution in [3.8, 4) is 0 Å². The van der Waals surface area contributed by atoms with E-state index in [1.54, 1.807) is 0 Å². The molecule has 0 aliphatic carbocycles. The lowest BCUT2D eigenvalue weighted by Crippen LogP contribution is -2.21. The number of likely N-dealkylation sites (N-methyl/N-ethyl adjacent to an activating group) is 1. The van der Waals surface area contributed by atoms with Crippen molar-refractivity contribution < 1.29 is 0 Å². The van der Waals surface area contributed by atoms with Crippen molar-refractivity contribution in [2.24, 2.45) is 0 Å². The minimum absolute atomic E-state index is 0.272. The van der Waals surface area contributed by atoms with Crippen molar-refractivity contribution >= 4 is 0 Å². The fourth-order valence-corrected chi connectivity index (χ4v) is 2.57. The smallest absolute Gasteiger partial charge is 0.0608 e. The summed E-state index contributed by atoms with van der Waals surface area (Å²) in [6, 6.07) is 11.2. The van der Waals surface area contributed by atoms with Crippen LogP contribution in [0, 0.1) is 13.8 Å². The predicted octanol–water partition coefficient (Wildman–Crippen LogP) is 3.76. The van der Waals surface area contributed by atoms with Gasteiger partial charge in [-0.05, 0) is 62.1 Å². The summed E-state index contributed by atoms with van der Waals surface area (Å²) in [4.78, 5) is 4.59. The maximum absolute atomic E-state index is 4.59. The number of rotatable bonds is 5. The fraction of sp³-hybridized carbons (Fsp3) is 0.389. The maximum Gasteiger partial charge on any atom is 0.0608 e. The quantitative estimate of drug-likeness (QED) is 0.893. The minimum Gasteiger partial charge on any atom is -0.311 e. The second-order valence-corrected chi connectivity index (χ2v) is 5.37. The molecule has 0 spiro atoms. The van der Waals surface area contributed by atoms with Gasteiger partial charge in [-0.3, -0.25) is 4.98 Å². The van der Waals surface area contributed by atoms with Crippen molar-refractivity contribution in [3.05, 3.63) is 64.5 Å². The van der Waals surface area contributed by atoms with Gasteiger partial charge in [0.15, 0.2) is 0 Å². The van der Waals surface area contributed by atoms with Crippen molar-refractivity contribution in [1.29, 1.82) is 0 Å². The number of aryl methyl sites for hydroxylation is 3. The summed E-state index contributed by atoms with van der Waals surface area (Å²) < 4.78 is 0. The molecule has 1 N–H and O–H groups in total. The average molecular weight is 268 g/mol. The average Bonchev–Trinajstić information content (AvgIpc) is 2.48. The van der Waals surface area contributed by atoms with Crippen LogP contribution < -0.4 is 5.32 Å². The molecule has 1 aromatic carbocycles. The van der Waals surface area contributed by atoms with Gasteiger partial charge >= 0.3 is 0 Å². The molecule has 0 amide bonds. The summed E-state index contributed by atoms with van der Waals surface area (Å²) in [5.41, 5.74) is 6.57. The molecule has 20 heavy (non-hydrogen) atoms. The molecule has 0 fully saturated rings. The molecule has 1 unspecified atom stereocenters. The molecule has 0 saturated heterocycles. The molecule has 1 atom stereocenters. The summed E-state index contributed by atoms with van der Waals surface area (Å²) in [5, 5.41) is 3.41. The Morgan fingerprint density at radius 3 is 2.60 bits per heavy atom.